The van der Waals surface area contributed by atoms with Crippen LogP contribution in [-0.2, 0) is 31.8 Å². The van der Waals surface area contributed by atoms with Crippen LogP contribution in [0.3, 0.4) is 0 Å². The van der Waals surface area contributed by atoms with Gasteiger partial charge < -0.3 is 59.9 Å². The number of carbonyl (C=O) groups excluding carboxylic acids is 4. The van der Waals surface area contributed by atoms with Crippen LogP contribution < -0.4 is 54.8 Å². The molecule has 0 bridgehead atoms. The molecule has 0 saturated heterocycles. The first-order chi connectivity index (χ1) is 70.6. The van der Waals surface area contributed by atoms with Crippen LogP contribution in [0.1, 0.15) is 239 Å². The number of aromatic nitrogens is 9. The van der Waals surface area contributed by atoms with E-state index in [2.05, 4.69) is 142 Å². The summed E-state index contributed by atoms with van der Waals surface area (Å²) in [4.78, 5) is 57.9. The number of nitrogens with zero attached hydrogens (tertiary/aromatic N) is 9. The van der Waals surface area contributed by atoms with Crippen LogP contribution in [0, 0.1) is 57.2 Å². The molecule has 738 valence electrons. The third-order valence-electron chi connectivity index (χ3n) is 27.1. The number of nitrogens with one attached hydrogen (secondary N) is 6. The molecule has 5 aromatic heterocycles. The topological polar surface area (TPSA) is 349 Å². The highest BCUT2D eigenvalue weighted by molar-refractivity contribution is 6.06. The summed E-state index contributed by atoms with van der Waals surface area (Å²) in [6.07, 6.45) is 21.1. The number of hydrogen-bond donors (Lipinski definition) is 11. The summed E-state index contributed by atoms with van der Waals surface area (Å²) in [5, 5.41) is 49.6. The number of nitrogens with two attached hydrogens (primary N) is 4. The maximum absolute atomic E-state index is 14.9. The molecule has 3 unspecified atom stereocenters. The average molecular weight is 1930 g/mol. The molecular formula is C120H126FN19O5. The van der Waals surface area contributed by atoms with E-state index in [1.165, 1.54) is 98.1 Å². The van der Waals surface area contributed by atoms with E-state index in [1.807, 2.05) is 228 Å². The molecule has 16 aromatic rings. The zero-order valence-corrected chi connectivity index (χ0v) is 82.4. The van der Waals surface area contributed by atoms with Crippen LogP contribution in [0.2, 0.25) is 0 Å². The normalized spacial score (nSPS) is 14.6. The monoisotopic (exact) mass is 1930 g/mol. The minimum absolute atomic E-state index is 0.0814. The lowest BCUT2D eigenvalue weighted by Gasteiger charge is -2.30. The zero-order chi connectivity index (χ0) is 100. The maximum Gasteiger partial charge on any atom is 0.274 e. The van der Waals surface area contributed by atoms with Gasteiger partial charge in [0.1, 0.15) is 34.2 Å². The molecule has 11 aromatic carbocycles. The number of carbonyl (C=O) groups is 4. The number of aryl methyl sites for hydroxylation is 4. The molecule has 145 heavy (non-hydrogen) atoms. The quantitative estimate of drug-likeness (QED) is 0.0174. The smallest absolute Gasteiger partial charge is 0.274 e. The van der Waals surface area contributed by atoms with Crippen molar-refractivity contribution in [2.24, 2.45) is 46.6 Å². The number of benzene rings is 11. The number of rotatable bonds is 36. The molecule has 5 aliphatic rings. The summed E-state index contributed by atoms with van der Waals surface area (Å²) in [5.41, 5.74) is 46.8. The molecule has 24 nitrogen and oxygen atoms in total. The number of allylic oxidation sites excluding steroid dienone is 1. The molecule has 15 N–H and O–H groups in total. The molecule has 25 heteroatoms. The first kappa shape index (κ1) is 99.8. The molecule has 0 spiro atoms. The fourth-order valence-corrected chi connectivity index (χ4v) is 18.4. The Balaban J connectivity index is 0.000000127. The minimum atomic E-state index is -1.12. The Morgan fingerprint density at radius 3 is 1.27 bits per heavy atom. The van der Waals surface area contributed by atoms with Gasteiger partial charge in [0, 0.05) is 55.6 Å². The van der Waals surface area contributed by atoms with Crippen LogP contribution in [0.5, 0.6) is 0 Å². The van der Waals surface area contributed by atoms with Crippen molar-refractivity contribution in [3.05, 3.63) is 452 Å². The number of hydrogen-bond acceptors (Lipinski definition) is 16. The Hall–Kier alpha value is -15.3. The predicted molar refractivity (Wildman–Crippen MR) is 572 cm³/mol. The molecule has 5 saturated carbocycles. The predicted octanol–water partition coefficient (Wildman–Crippen LogP) is 21.8. The van der Waals surface area contributed by atoms with Gasteiger partial charge in [0.2, 0.25) is 0 Å². The highest BCUT2D eigenvalue weighted by Gasteiger charge is 2.36. The van der Waals surface area contributed by atoms with Crippen molar-refractivity contribution < 1.29 is 28.7 Å². The first-order valence-corrected chi connectivity index (χ1v) is 50.5. The van der Waals surface area contributed by atoms with E-state index in [1.54, 1.807) is 55.3 Å². The second-order valence-electron chi connectivity index (χ2n) is 38.8. The Morgan fingerprint density at radius 2 is 0.807 bits per heavy atom. The van der Waals surface area contributed by atoms with Gasteiger partial charge in [0.05, 0.1) is 63.3 Å². The van der Waals surface area contributed by atoms with Gasteiger partial charge in [-0.15, -0.1) is 0 Å². The van der Waals surface area contributed by atoms with Gasteiger partial charge in [0.15, 0.2) is 0 Å². The molecule has 21 rings (SSSR count). The second kappa shape index (κ2) is 46.4. The highest BCUT2D eigenvalue weighted by atomic mass is 19.1. The summed E-state index contributed by atoms with van der Waals surface area (Å²) in [5.74, 6) is 1.90. The second-order valence-corrected chi connectivity index (χ2v) is 38.8. The Kier molecular flexibility index (Phi) is 31.9. The molecule has 3 atom stereocenters. The molecule has 4 amide bonds. The van der Waals surface area contributed by atoms with Crippen molar-refractivity contribution >= 4 is 52.0 Å². The van der Waals surface area contributed by atoms with Crippen molar-refractivity contribution in [3.63, 3.8) is 0 Å². The van der Waals surface area contributed by atoms with E-state index in [-0.39, 0.29) is 35.5 Å². The fourth-order valence-electron chi connectivity index (χ4n) is 18.4. The van der Waals surface area contributed by atoms with E-state index in [9.17, 15) is 28.7 Å². The Bertz CT molecular complexity index is 7240. The van der Waals surface area contributed by atoms with E-state index in [0.29, 0.717) is 90.2 Å². The van der Waals surface area contributed by atoms with Crippen molar-refractivity contribution in [2.75, 3.05) is 34.4 Å². The van der Waals surface area contributed by atoms with Gasteiger partial charge in [-0.1, -0.05) is 201 Å². The highest BCUT2D eigenvalue weighted by Crippen LogP contribution is 2.45. The summed E-state index contributed by atoms with van der Waals surface area (Å²) in [6.45, 7) is 11.0. The lowest BCUT2D eigenvalue weighted by molar-refractivity contribution is 0.0670. The average Bonchev–Trinajstić information content (AvgIpc) is 1.05. The van der Waals surface area contributed by atoms with Crippen LogP contribution in [0.15, 0.2) is 328 Å². The lowest BCUT2D eigenvalue weighted by Crippen LogP contribution is -2.28. The van der Waals surface area contributed by atoms with E-state index in [0.717, 1.165) is 133 Å². The largest absolute Gasteiger partial charge is 0.380 e. The van der Waals surface area contributed by atoms with Gasteiger partial charge in [-0.2, -0.15) is 20.4 Å². The van der Waals surface area contributed by atoms with Crippen molar-refractivity contribution in [3.8, 4) is 22.7 Å². The fraction of sp³-hybridized carbons (Fsp3) is 0.258. The molecule has 0 aliphatic heterocycles. The maximum atomic E-state index is 14.9. The number of aliphatic hydroxyl groups is 1. The van der Waals surface area contributed by atoms with Crippen molar-refractivity contribution in [1.82, 2.24) is 54.7 Å². The summed E-state index contributed by atoms with van der Waals surface area (Å²) in [6, 6.07) is 99.6. The van der Waals surface area contributed by atoms with Crippen LogP contribution in [0.25, 0.3) is 28.3 Å². The summed E-state index contributed by atoms with van der Waals surface area (Å²) in [7, 11) is 0. The van der Waals surface area contributed by atoms with Crippen molar-refractivity contribution in [2.45, 2.75) is 161 Å². The molecule has 5 heterocycles. The SMILES string of the molecule is Cc1cc(C(=O)Nc2cc(C(NCC3CC3)c3cccnc3)ccc2F)n(-c2cccc(CN)c2)n1.Cc1cc(C(=O)Nc2cc(C3CC3)cc(C(NCC3CC3)c3ccccc3)c2)n(-c2cccc(CN)c2)n1.Cc1cc(C(=O)Nc2cccc(C(=CCC3CC3)c3ccccc3)c2)n(-c2cccc(CN)c2)n1.Cc1cc(C(=O)Nc2cccc(C(O)(CCC3CC3)c3ccccc3)c2)n(-c2cccc(CN)c2)n1. The zero-order valence-electron chi connectivity index (χ0n) is 82.4. The van der Waals surface area contributed by atoms with Gasteiger partial charge in [0.25, 0.3) is 23.6 Å². The molecule has 5 fully saturated rings. The molecule has 0 radical (unpaired) electrons. The number of amides is 4. The number of anilines is 4. The van der Waals surface area contributed by atoms with E-state index < -0.39 is 17.3 Å². The van der Waals surface area contributed by atoms with Crippen molar-refractivity contribution in [1.29, 1.82) is 0 Å². The standard InChI is InChI=1S/C32H35N5O.C30H32N4O2.C30H30N4O.C28H29FN6O/c1-21-14-30(37(36-21)29-9-5-6-23(15-29)19-33)32(38)35-28-17-26(24-12-13-24)16-27(18-28)31(34-20-22-10-11-22)25-7-3-2-4-8-25;1-21-17-28(34(33-21)27-12-5-7-23(18-27)20-31)29(35)32-26-11-6-10-25(19-26)30(36,16-15-22-13-14-22)24-8-3-2-4-9-24;1-21-17-29(34(33-21)27-12-5-7-23(18-27)20-31)30(35)32-26-11-6-10-25(19-26)28(16-15-22-13-14-22)24-8-3-2-4-9-24;1-18-12-26(35(34-18)23-6-2-4-20(13-23)15-30)28(36)33-25-14-21(9-10-24(25)29)27(32-16-19-7-8-19)22-5-3-11-31-17-22/h2-9,14-18,22,24,31,34H,10-13,19-20,33H2,1H3,(H,35,38);2-12,17-19,22,36H,13-16,20,31H2,1H3,(H,32,35);2-12,16-19,22H,13-15,20,31H2,1H3,(H,32,35);2-6,9-14,17,19,27,32H,7-8,15-16,30H2,1H3,(H,33,36). The number of pyridine rings is 1. The lowest BCUT2D eigenvalue weighted by atomic mass is 9.82. The van der Waals surface area contributed by atoms with Gasteiger partial charge in [-0.3, -0.25) is 24.2 Å². The third-order valence-corrected chi connectivity index (χ3v) is 27.1. The van der Waals surface area contributed by atoms with Gasteiger partial charge >= 0.3 is 0 Å². The summed E-state index contributed by atoms with van der Waals surface area (Å²) < 4.78 is 21.5. The van der Waals surface area contributed by atoms with Crippen LogP contribution >= 0.6 is 0 Å². The summed E-state index contributed by atoms with van der Waals surface area (Å²) >= 11 is 0. The van der Waals surface area contributed by atoms with E-state index in [4.69, 9.17) is 22.9 Å². The third kappa shape index (κ3) is 26.0. The Labute approximate surface area is 846 Å². The number of halogens is 1. The minimum Gasteiger partial charge on any atom is -0.380 e. The van der Waals surface area contributed by atoms with E-state index >= 15 is 0 Å². The Morgan fingerprint density at radius 1 is 0.386 bits per heavy atom. The van der Waals surface area contributed by atoms with Crippen LogP contribution in [-0.4, -0.2) is 85.9 Å². The molecule has 5 aliphatic carbocycles. The van der Waals surface area contributed by atoms with Gasteiger partial charge in [-0.05, 0) is 346 Å². The first-order valence-electron chi connectivity index (χ1n) is 50.5. The van der Waals surface area contributed by atoms with Crippen LogP contribution in [0.4, 0.5) is 27.1 Å². The molecular weight excluding hydrogens is 1810 g/mol. The van der Waals surface area contributed by atoms with Gasteiger partial charge in [-0.25, -0.2) is 23.1 Å².